The van der Waals surface area contributed by atoms with Crippen LogP contribution in [0.1, 0.15) is 11.1 Å². The average Bonchev–Trinajstić information content (AvgIpc) is 3.36. The van der Waals surface area contributed by atoms with Gasteiger partial charge in [0.05, 0.1) is 23.5 Å². The Hall–Kier alpha value is -2.73. The van der Waals surface area contributed by atoms with E-state index in [1.165, 1.54) is 23.1 Å². The van der Waals surface area contributed by atoms with Crippen molar-refractivity contribution >= 4 is 67.1 Å². The number of hydrogen-bond donors (Lipinski definition) is 1. The van der Waals surface area contributed by atoms with Crippen LogP contribution in [-0.4, -0.2) is 35.2 Å². The zero-order chi connectivity index (χ0) is 25.3. The van der Waals surface area contributed by atoms with Crippen LogP contribution in [0.3, 0.4) is 0 Å². The summed E-state index contributed by atoms with van der Waals surface area (Å²) in [4.78, 5) is 12.2. The zero-order valence-corrected chi connectivity index (χ0v) is 23.8. The summed E-state index contributed by atoms with van der Waals surface area (Å²) in [7, 11) is 1.57. The highest BCUT2D eigenvalue weighted by molar-refractivity contribution is 9.10. The van der Waals surface area contributed by atoms with Crippen molar-refractivity contribution in [2.75, 3.05) is 12.9 Å². The second kappa shape index (κ2) is 13.0. The lowest BCUT2D eigenvalue weighted by atomic mass is 10.2. The van der Waals surface area contributed by atoms with Crippen LogP contribution in [0, 0.1) is 0 Å². The molecule has 0 saturated carbocycles. The molecule has 0 atom stereocenters. The van der Waals surface area contributed by atoms with E-state index in [1.807, 2.05) is 60.7 Å². The summed E-state index contributed by atoms with van der Waals surface area (Å²) < 4.78 is 13.9. The lowest BCUT2D eigenvalue weighted by Crippen LogP contribution is -2.19. The lowest BCUT2D eigenvalue weighted by molar-refractivity contribution is -0.118. The van der Waals surface area contributed by atoms with Crippen LogP contribution in [0.25, 0.3) is 10.6 Å². The molecule has 36 heavy (non-hydrogen) atoms. The number of carbonyl (C=O) groups is 1. The number of amides is 1. The lowest BCUT2D eigenvalue weighted by Gasteiger charge is -2.13. The fourth-order valence-corrected chi connectivity index (χ4v) is 5.71. The quantitative estimate of drug-likeness (QED) is 0.119. The number of nitrogens with zero attached hydrogens (tertiary/aromatic N) is 3. The Bertz CT molecular complexity index is 1370. The van der Waals surface area contributed by atoms with Gasteiger partial charge < -0.3 is 9.47 Å². The molecule has 1 aromatic heterocycles. The molecule has 0 bridgehead atoms. The molecule has 184 valence electrons. The van der Waals surface area contributed by atoms with Crippen LogP contribution in [0.15, 0.2) is 85.1 Å². The van der Waals surface area contributed by atoms with E-state index in [4.69, 9.17) is 9.47 Å². The minimum absolute atomic E-state index is 0.177. The number of benzene rings is 3. The molecule has 0 fully saturated rings. The van der Waals surface area contributed by atoms with Crippen LogP contribution < -0.4 is 14.9 Å². The first-order valence-electron chi connectivity index (χ1n) is 10.6. The Labute approximate surface area is 233 Å². The third-order valence-electron chi connectivity index (χ3n) is 4.68. The molecule has 0 saturated heterocycles. The van der Waals surface area contributed by atoms with E-state index in [2.05, 4.69) is 52.6 Å². The standard InChI is InChI=1S/C25H20Br2N4O3S2/c1-33-21-12-17(11-20(27)23(21)34-14-16-6-5-9-19(26)10-16)13-28-29-22(32)15-35-25-31-30-24(36-25)18-7-3-2-4-8-18/h2-13H,14-15H2,1H3,(H,29,32). The molecule has 3 aromatic carbocycles. The third kappa shape index (κ3) is 7.39. The summed E-state index contributed by atoms with van der Waals surface area (Å²) in [6.07, 6.45) is 1.55. The van der Waals surface area contributed by atoms with Gasteiger partial charge in [-0.1, -0.05) is 81.5 Å². The van der Waals surface area contributed by atoms with E-state index < -0.39 is 0 Å². The van der Waals surface area contributed by atoms with Gasteiger partial charge in [0.1, 0.15) is 11.6 Å². The zero-order valence-electron chi connectivity index (χ0n) is 19.0. The number of hydrazone groups is 1. The maximum Gasteiger partial charge on any atom is 0.250 e. The molecule has 0 aliphatic carbocycles. The first-order chi connectivity index (χ1) is 17.5. The van der Waals surface area contributed by atoms with E-state index in [9.17, 15) is 4.79 Å². The predicted octanol–water partition coefficient (Wildman–Crippen LogP) is 6.56. The largest absolute Gasteiger partial charge is 0.493 e. The molecule has 0 radical (unpaired) electrons. The molecule has 0 unspecified atom stereocenters. The molecule has 1 amide bonds. The Kier molecular flexibility index (Phi) is 9.51. The fraction of sp³-hybridized carbons (Fsp3) is 0.120. The summed E-state index contributed by atoms with van der Waals surface area (Å²) in [5, 5.41) is 13.2. The van der Waals surface area contributed by atoms with Gasteiger partial charge in [-0.25, -0.2) is 5.43 Å². The van der Waals surface area contributed by atoms with E-state index in [-0.39, 0.29) is 11.7 Å². The van der Waals surface area contributed by atoms with Crippen LogP contribution in [0.4, 0.5) is 0 Å². The van der Waals surface area contributed by atoms with Gasteiger partial charge in [0.15, 0.2) is 15.8 Å². The number of aromatic nitrogens is 2. The summed E-state index contributed by atoms with van der Waals surface area (Å²) in [6, 6.07) is 21.3. The highest BCUT2D eigenvalue weighted by Crippen LogP contribution is 2.37. The van der Waals surface area contributed by atoms with E-state index in [0.29, 0.717) is 22.6 Å². The smallest absolute Gasteiger partial charge is 0.250 e. The minimum Gasteiger partial charge on any atom is -0.493 e. The summed E-state index contributed by atoms with van der Waals surface area (Å²) in [5.41, 5.74) is 5.30. The van der Waals surface area contributed by atoms with Gasteiger partial charge in [-0.2, -0.15) is 5.10 Å². The number of rotatable bonds is 10. The summed E-state index contributed by atoms with van der Waals surface area (Å²) in [6.45, 7) is 0.386. The molecule has 4 aromatic rings. The minimum atomic E-state index is -0.243. The first-order valence-corrected chi connectivity index (χ1v) is 14.0. The highest BCUT2D eigenvalue weighted by Gasteiger charge is 2.12. The Morgan fingerprint density at radius 3 is 2.72 bits per heavy atom. The number of halogens is 2. The number of thioether (sulfide) groups is 1. The van der Waals surface area contributed by atoms with Crippen molar-refractivity contribution in [1.82, 2.24) is 15.6 Å². The van der Waals surface area contributed by atoms with E-state index in [0.717, 1.165) is 30.5 Å². The number of carbonyl (C=O) groups excluding carboxylic acids is 1. The van der Waals surface area contributed by atoms with Gasteiger partial charge in [0, 0.05) is 10.0 Å². The van der Waals surface area contributed by atoms with Crippen molar-refractivity contribution in [3.8, 4) is 22.1 Å². The summed E-state index contributed by atoms with van der Waals surface area (Å²) >= 11 is 9.77. The van der Waals surface area contributed by atoms with Crippen molar-refractivity contribution in [2.24, 2.45) is 5.10 Å². The SMILES string of the molecule is COc1cc(C=NNC(=O)CSc2nnc(-c3ccccc3)s2)cc(Br)c1OCc1cccc(Br)c1. The summed E-state index contributed by atoms with van der Waals surface area (Å²) in [5.74, 6) is 1.07. The van der Waals surface area contributed by atoms with E-state index in [1.54, 1.807) is 19.4 Å². The fourth-order valence-electron chi connectivity index (χ4n) is 3.04. The number of hydrogen-bond acceptors (Lipinski definition) is 8. The van der Waals surface area contributed by atoms with Crippen LogP contribution in [0.5, 0.6) is 11.5 Å². The van der Waals surface area contributed by atoms with Crippen LogP contribution in [-0.2, 0) is 11.4 Å². The maximum atomic E-state index is 12.2. The third-order valence-corrected chi connectivity index (χ3v) is 7.87. The molecular weight excluding hydrogens is 628 g/mol. The molecule has 11 heteroatoms. The number of methoxy groups -OCH3 is 1. The molecule has 0 aliphatic heterocycles. The molecular formula is C25H20Br2N4O3S2. The van der Waals surface area contributed by atoms with Gasteiger partial charge in [0.2, 0.25) is 0 Å². The van der Waals surface area contributed by atoms with Crippen LogP contribution in [0.2, 0.25) is 0 Å². The Balaban J connectivity index is 1.30. The average molecular weight is 648 g/mol. The van der Waals surface area contributed by atoms with Crippen LogP contribution >= 0.6 is 55.0 Å². The first kappa shape index (κ1) is 26.3. The molecule has 0 spiro atoms. The second-order valence-corrected chi connectivity index (χ2v) is 11.2. The molecule has 0 aliphatic rings. The maximum absolute atomic E-state index is 12.2. The molecule has 4 rings (SSSR count). The Morgan fingerprint density at radius 2 is 1.94 bits per heavy atom. The predicted molar refractivity (Wildman–Crippen MR) is 151 cm³/mol. The number of ether oxygens (including phenoxy) is 2. The topological polar surface area (TPSA) is 85.7 Å². The molecule has 1 heterocycles. The van der Waals surface area contributed by atoms with E-state index >= 15 is 0 Å². The van der Waals surface area contributed by atoms with Crippen molar-refractivity contribution in [3.63, 3.8) is 0 Å². The normalized spacial score (nSPS) is 11.0. The van der Waals surface area contributed by atoms with Gasteiger partial charge in [-0.05, 0) is 51.3 Å². The monoisotopic (exact) mass is 646 g/mol. The van der Waals surface area contributed by atoms with Crippen molar-refractivity contribution in [3.05, 3.63) is 86.8 Å². The van der Waals surface area contributed by atoms with Crippen molar-refractivity contribution in [1.29, 1.82) is 0 Å². The number of nitrogens with one attached hydrogen (secondary N) is 1. The van der Waals surface area contributed by atoms with Gasteiger partial charge >= 0.3 is 0 Å². The highest BCUT2D eigenvalue weighted by atomic mass is 79.9. The molecule has 7 nitrogen and oxygen atoms in total. The van der Waals surface area contributed by atoms with Crippen molar-refractivity contribution < 1.29 is 14.3 Å². The molecule has 1 N–H and O–H groups in total. The van der Waals surface area contributed by atoms with Gasteiger partial charge in [0.25, 0.3) is 5.91 Å². The second-order valence-electron chi connectivity index (χ2n) is 7.27. The van der Waals surface area contributed by atoms with Gasteiger partial charge in [-0.15, -0.1) is 10.2 Å². The Morgan fingerprint density at radius 1 is 1.11 bits per heavy atom. The van der Waals surface area contributed by atoms with Crippen molar-refractivity contribution in [2.45, 2.75) is 10.9 Å². The van der Waals surface area contributed by atoms with Gasteiger partial charge in [-0.3, -0.25) is 4.79 Å².